The van der Waals surface area contributed by atoms with Gasteiger partial charge in [0.15, 0.2) is 0 Å². The molecule has 0 bridgehead atoms. The SMILES string of the molecule is C=CC[C@H]1C[C@H](C)[C@H](OC)[C@@H]([C@H](CO)OC)O1. The lowest BCUT2D eigenvalue weighted by Gasteiger charge is -2.42. The van der Waals surface area contributed by atoms with Crippen LogP contribution in [0.15, 0.2) is 12.7 Å². The highest BCUT2D eigenvalue weighted by Crippen LogP contribution is 2.31. The fourth-order valence-electron chi connectivity index (χ4n) is 2.54. The predicted octanol–water partition coefficient (Wildman–Crippen LogP) is 1.38. The average Bonchev–Trinajstić information content (AvgIpc) is 2.31. The van der Waals surface area contributed by atoms with Gasteiger partial charge in [0, 0.05) is 14.2 Å². The molecule has 0 aromatic carbocycles. The summed E-state index contributed by atoms with van der Waals surface area (Å²) in [7, 11) is 3.26. The molecule has 0 radical (unpaired) electrons. The highest BCUT2D eigenvalue weighted by atomic mass is 16.6. The van der Waals surface area contributed by atoms with Gasteiger partial charge in [-0.15, -0.1) is 6.58 Å². The summed E-state index contributed by atoms with van der Waals surface area (Å²) in [5, 5.41) is 9.31. The van der Waals surface area contributed by atoms with Crippen LogP contribution in [0.3, 0.4) is 0 Å². The molecular formula is C13H24O4. The minimum atomic E-state index is -0.338. The molecule has 0 aromatic heterocycles. The molecule has 17 heavy (non-hydrogen) atoms. The number of aliphatic hydroxyl groups excluding tert-OH is 1. The normalized spacial score (nSPS) is 35.5. The first kappa shape index (κ1) is 14.6. The van der Waals surface area contributed by atoms with Gasteiger partial charge in [-0.3, -0.25) is 0 Å². The molecule has 0 aliphatic carbocycles. The maximum Gasteiger partial charge on any atom is 0.113 e. The van der Waals surface area contributed by atoms with E-state index in [-0.39, 0.29) is 31.0 Å². The van der Waals surface area contributed by atoms with Crippen molar-refractivity contribution in [1.29, 1.82) is 0 Å². The van der Waals surface area contributed by atoms with E-state index in [1.54, 1.807) is 14.2 Å². The molecule has 1 heterocycles. The average molecular weight is 244 g/mol. The van der Waals surface area contributed by atoms with Gasteiger partial charge < -0.3 is 19.3 Å². The number of hydrogen-bond donors (Lipinski definition) is 1. The Balaban J connectivity index is 2.75. The van der Waals surface area contributed by atoms with Crippen LogP contribution in [0.25, 0.3) is 0 Å². The Morgan fingerprint density at radius 2 is 2.24 bits per heavy atom. The smallest absolute Gasteiger partial charge is 0.113 e. The minimum Gasteiger partial charge on any atom is -0.394 e. The second-order valence-electron chi connectivity index (χ2n) is 4.62. The number of rotatable bonds is 6. The third-order valence-corrected chi connectivity index (χ3v) is 3.42. The molecule has 0 saturated carbocycles. The molecule has 1 saturated heterocycles. The molecule has 100 valence electrons. The van der Waals surface area contributed by atoms with Gasteiger partial charge in [0.1, 0.15) is 12.2 Å². The molecule has 5 atom stereocenters. The van der Waals surface area contributed by atoms with Crippen molar-refractivity contribution in [2.45, 2.75) is 44.2 Å². The van der Waals surface area contributed by atoms with Crippen molar-refractivity contribution in [3.63, 3.8) is 0 Å². The van der Waals surface area contributed by atoms with Crippen LogP contribution in [0.5, 0.6) is 0 Å². The van der Waals surface area contributed by atoms with Crippen molar-refractivity contribution in [1.82, 2.24) is 0 Å². The molecule has 4 heteroatoms. The van der Waals surface area contributed by atoms with E-state index in [0.717, 1.165) is 12.8 Å². The van der Waals surface area contributed by atoms with E-state index in [0.29, 0.717) is 5.92 Å². The van der Waals surface area contributed by atoms with Crippen molar-refractivity contribution in [2.24, 2.45) is 5.92 Å². The molecule has 4 nitrogen and oxygen atoms in total. The summed E-state index contributed by atoms with van der Waals surface area (Å²) in [5.74, 6) is 0.382. The lowest BCUT2D eigenvalue weighted by Crippen LogP contribution is -2.52. The van der Waals surface area contributed by atoms with Gasteiger partial charge in [-0.25, -0.2) is 0 Å². The molecule has 1 N–H and O–H groups in total. The monoisotopic (exact) mass is 244 g/mol. The van der Waals surface area contributed by atoms with Crippen LogP contribution in [0.2, 0.25) is 0 Å². The molecule has 0 aromatic rings. The van der Waals surface area contributed by atoms with E-state index in [2.05, 4.69) is 13.5 Å². The number of hydrogen-bond acceptors (Lipinski definition) is 4. The van der Waals surface area contributed by atoms with Gasteiger partial charge in [-0.05, 0) is 18.8 Å². The Labute approximate surface area is 104 Å². The zero-order valence-corrected chi connectivity index (χ0v) is 11.0. The van der Waals surface area contributed by atoms with Crippen LogP contribution < -0.4 is 0 Å². The third kappa shape index (κ3) is 3.52. The van der Waals surface area contributed by atoms with E-state index in [1.165, 1.54) is 0 Å². The highest BCUT2D eigenvalue weighted by molar-refractivity contribution is 4.90. The minimum absolute atomic E-state index is 0.0341. The summed E-state index contributed by atoms with van der Waals surface area (Å²) >= 11 is 0. The van der Waals surface area contributed by atoms with E-state index in [9.17, 15) is 5.11 Å². The first-order valence-corrected chi connectivity index (χ1v) is 6.10. The zero-order valence-electron chi connectivity index (χ0n) is 11.0. The summed E-state index contributed by atoms with van der Waals surface area (Å²) in [6.45, 7) is 5.82. The van der Waals surface area contributed by atoms with Gasteiger partial charge in [0.2, 0.25) is 0 Å². The van der Waals surface area contributed by atoms with E-state index in [1.807, 2.05) is 6.08 Å². The topological polar surface area (TPSA) is 47.9 Å². The van der Waals surface area contributed by atoms with Crippen molar-refractivity contribution >= 4 is 0 Å². The molecule has 1 aliphatic heterocycles. The predicted molar refractivity (Wildman–Crippen MR) is 65.9 cm³/mol. The molecule has 0 amide bonds. The van der Waals surface area contributed by atoms with Crippen LogP contribution in [-0.4, -0.2) is 50.3 Å². The van der Waals surface area contributed by atoms with Crippen LogP contribution in [0.4, 0.5) is 0 Å². The quantitative estimate of drug-likeness (QED) is 0.717. The van der Waals surface area contributed by atoms with Crippen LogP contribution in [-0.2, 0) is 14.2 Å². The van der Waals surface area contributed by atoms with Crippen molar-refractivity contribution in [3.05, 3.63) is 12.7 Å². The standard InChI is InChI=1S/C13H24O4/c1-5-6-10-7-9(2)12(16-4)13(17-10)11(8-14)15-3/h5,9-14H,1,6-8H2,2-4H3/t9-,10-,11-,12-,13+/m0/s1. The maximum atomic E-state index is 9.31. The summed E-state index contributed by atoms with van der Waals surface area (Å²) in [5.41, 5.74) is 0. The number of aliphatic hydroxyl groups is 1. The van der Waals surface area contributed by atoms with Crippen LogP contribution >= 0.6 is 0 Å². The fourth-order valence-corrected chi connectivity index (χ4v) is 2.54. The van der Waals surface area contributed by atoms with Crippen molar-refractivity contribution in [2.75, 3.05) is 20.8 Å². The van der Waals surface area contributed by atoms with Gasteiger partial charge in [0.25, 0.3) is 0 Å². The molecule has 1 aliphatic rings. The van der Waals surface area contributed by atoms with Crippen LogP contribution in [0, 0.1) is 5.92 Å². The van der Waals surface area contributed by atoms with Gasteiger partial charge in [-0.1, -0.05) is 13.0 Å². The summed E-state index contributed by atoms with van der Waals surface area (Å²) in [6, 6.07) is 0. The summed E-state index contributed by atoms with van der Waals surface area (Å²) in [6.07, 6.45) is 3.18. The van der Waals surface area contributed by atoms with Crippen molar-refractivity contribution in [3.8, 4) is 0 Å². The Kier molecular flexibility index (Phi) is 6.12. The Morgan fingerprint density at radius 3 is 2.71 bits per heavy atom. The Hall–Kier alpha value is -0.420. The molecule has 0 unspecified atom stereocenters. The van der Waals surface area contributed by atoms with Gasteiger partial charge in [-0.2, -0.15) is 0 Å². The Morgan fingerprint density at radius 1 is 1.53 bits per heavy atom. The summed E-state index contributed by atoms with van der Waals surface area (Å²) in [4.78, 5) is 0. The molecule has 1 fully saturated rings. The summed E-state index contributed by atoms with van der Waals surface area (Å²) < 4.78 is 16.7. The first-order chi connectivity index (χ1) is 8.17. The van der Waals surface area contributed by atoms with E-state index >= 15 is 0 Å². The first-order valence-electron chi connectivity index (χ1n) is 6.10. The number of methoxy groups -OCH3 is 2. The second-order valence-corrected chi connectivity index (χ2v) is 4.62. The van der Waals surface area contributed by atoms with Gasteiger partial charge in [0.05, 0.1) is 18.8 Å². The molecular weight excluding hydrogens is 220 g/mol. The maximum absolute atomic E-state index is 9.31. The molecule has 0 spiro atoms. The fraction of sp³-hybridized carbons (Fsp3) is 0.846. The number of ether oxygens (including phenoxy) is 3. The van der Waals surface area contributed by atoms with Crippen LogP contribution in [0.1, 0.15) is 19.8 Å². The third-order valence-electron chi connectivity index (χ3n) is 3.42. The zero-order chi connectivity index (χ0) is 12.8. The van der Waals surface area contributed by atoms with E-state index in [4.69, 9.17) is 14.2 Å². The van der Waals surface area contributed by atoms with E-state index < -0.39 is 0 Å². The lowest BCUT2D eigenvalue weighted by atomic mass is 9.87. The second kappa shape index (κ2) is 7.11. The van der Waals surface area contributed by atoms with Crippen molar-refractivity contribution < 1.29 is 19.3 Å². The van der Waals surface area contributed by atoms with Gasteiger partial charge >= 0.3 is 0 Å². The molecule has 1 rings (SSSR count). The lowest BCUT2D eigenvalue weighted by molar-refractivity contribution is -0.198. The highest BCUT2D eigenvalue weighted by Gasteiger charge is 2.40. The Bertz CT molecular complexity index is 227. The largest absolute Gasteiger partial charge is 0.394 e.